The second kappa shape index (κ2) is 7.18. The Balaban J connectivity index is 2.14. The lowest BCUT2D eigenvalue weighted by Gasteiger charge is -2.21. The number of hydrogen-bond acceptors (Lipinski definition) is 6. The average molecular weight is 355 g/mol. The molecule has 0 aliphatic rings. The third-order valence-corrected chi connectivity index (χ3v) is 5.17. The minimum absolute atomic E-state index is 0.0352. The number of nitrogens with zero attached hydrogens (tertiary/aromatic N) is 1. The Morgan fingerprint density at radius 1 is 1.33 bits per heavy atom. The van der Waals surface area contributed by atoms with Crippen molar-refractivity contribution in [1.82, 2.24) is 15.2 Å². The SMILES string of the molecule is Cc1noc(C)c1S(=O)(=O)N[C@@H](C(=O)NCc1ccco1)C(C)C. The van der Waals surface area contributed by atoms with Crippen LogP contribution in [0.25, 0.3) is 0 Å². The molecule has 132 valence electrons. The molecule has 0 aliphatic carbocycles. The summed E-state index contributed by atoms with van der Waals surface area (Å²) in [6.07, 6.45) is 1.50. The van der Waals surface area contributed by atoms with Crippen molar-refractivity contribution in [3.8, 4) is 0 Å². The number of amides is 1. The first-order chi connectivity index (χ1) is 11.2. The Bertz CT molecular complexity index is 774. The van der Waals surface area contributed by atoms with Crippen LogP contribution >= 0.6 is 0 Å². The molecule has 24 heavy (non-hydrogen) atoms. The maximum atomic E-state index is 12.6. The molecule has 2 heterocycles. The molecule has 0 unspecified atom stereocenters. The summed E-state index contributed by atoms with van der Waals surface area (Å²) in [5, 5.41) is 6.31. The maximum Gasteiger partial charge on any atom is 0.246 e. The van der Waals surface area contributed by atoms with E-state index in [1.54, 1.807) is 26.0 Å². The van der Waals surface area contributed by atoms with E-state index in [4.69, 9.17) is 8.94 Å². The van der Waals surface area contributed by atoms with Gasteiger partial charge in [0.05, 0.1) is 12.8 Å². The smallest absolute Gasteiger partial charge is 0.246 e. The summed E-state index contributed by atoms with van der Waals surface area (Å²) in [7, 11) is -3.93. The number of carbonyl (C=O) groups excluding carboxylic acids is 1. The number of carbonyl (C=O) groups is 1. The summed E-state index contributed by atoms with van der Waals surface area (Å²) in [6, 6.07) is 2.50. The molecule has 2 rings (SSSR count). The van der Waals surface area contributed by atoms with E-state index in [2.05, 4.69) is 15.2 Å². The minimum Gasteiger partial charge on any atom is -0.467 e. The summed E-state index contributed by atoms with van der Waals surface area (Å²) in [5.74, 6) is 0.0755. The Morgan fingerprint density at radius 3 is 2.54 bits per heavy atom. The van der Waals surface area contributed by atoms with Gasteiger partial charge in [0.1, 0.15) is 22.4 Å². The molecule has 8 nitrogen and oxygen atoms in total. The number of rotatable bonds is 7. The van der Waals surface area contributed by atoms with Gasteiger partial charge in [0.25, 0.3) is 0 Å². The fourth-order valence-electron chi connectivity index (χ4n) is 2.27. The van der Waals surface area contributed by atoms with Gasteiger partial charge in [-0.05, 0) is 31.9 Å². The van der Waals surface area contributed by atoms with Gasteiger partial charge in [0.15, 0.2) is 5.76 Å². The van der Waals surface area contributed by atoms with Crippen molar-refractivity contribution in [3.63, 3.8) is 0 Å². The van der Waals surface area contributed by atoms with Gasteiger partial charge in [-0.25, -0.2) is 8.42 Å². The third-order valence-electron chi connectivity index (χ3n) is 3.48. The molecular weight excluding hydrogens is 334 g/mol. The summed E-state index contributed by atoms with van der Waals surface area (Å²) < 4.78 is 37.6. The Hall–Kier alpha value is -2.13. The summed E-state index contributed by atoms with van der Waals surface area (Å²) >= 11 is 0. The summed E-state index contributed by atoms with van der Waals surface area (Å²) in [6.45, 7) is 6.74. The normalized spacial score (nSPS) is 13.2. The van der Waals surface area contributed by atoms with E-state index in [1.807, 2.05) is 0 Å². The van der Waals surface area contributed by atoms with Gasteiger partial charge in [-0.1, -0.05) is 19.0 Å². The van der Waals surface area contributed by atoms with Gasteiger partial charge >= 0.3 is 0 Å². The summed E-state index contributed by atoms with van der Waals surface area (Å²) in [4.78, 5) is 12.3. The Kier molecular flexibility index (Phi) is 5.45. The van der Waals surface area contributed by atoms with Crippen LogP contribution in [-0.2, 0) is 21.4 Å². The molecule has 1 atom stereocenters. The minimum atomic E-state index is -3.93. The molecule has 2 aromatic rings. The fourth-order valence-corrected chi connectivity index (χ4v) is 3.95. The highest BCUT2D eigenvalue weighted by Gasteiger charge is 2.31. The lowest BCUT2D eigenvalue weighted by atomic mass is 10.1. The van der Waals surface area contributed by atoms with Crippen LogP contribution in [0.2, 0.25) is 0 Å². The van der Waals surface area contributed by atoms with Gasteiger partial charge in [0.2, 0.25) is 15.9 Å². The zero-order valence-electron chi connectivity index (χ0n) is 14.0. The fraction of sp³-hybridized carbons (Fsp3) is 0.467. The molecule has 2 aromatic heterocycles. The molecular formula is C15H21N3O5S. The van der Waals surface area contributed by atoms with Crippen LogP contribution in [0.3, 0.4) is 0 Å². The average Bonchev–Trinajstić information content (AvgIpc) is 3.12. The van der Waals surface area contributed by atoms with Gasteiger partial charge in [0, 0.05) is 0 Å². The van der Waals surface area contributed by atoms with E-state index in [0.717, 1.165) is 0 Å². The van der Waals surface area contributed by atoms with Crippen LogP contribution in [-0.4, -0.2) is 25.5 Å². The zero-order chi connectivity index (χ0) is 17.9. The van der Waals surface area contributed by atoms with Crippen LogP contribution in [0.4, 0.5) is 0 Å². The van der Waals surface area contributed by atoms with Crippen LogP contribution < -0.4 is 10.0 Å². The largest absolute Gasteiger partial charge is 0.467 e. The molecule has 0 fully saturated rings. The Morgan fingerprint density at radius 2 is 2.04 bits per heavy atom. The number of furan rings is 1. The Labute approximate surface area is 140 Å². The number of hydrogen-bond donors (Lipinski definition) is 2. The van der Waals surface area contributed by atoms with Crippen molar-refractivity contribution in [2.24, 2.45) is 5.92 Å². The van der Waals surface area contributed by atoms with Crippen molar-refractivity contribution < 1.29 is 22.2 Å². The van der Waals surface area contributed by atoms with Crippen molar-refractivity contribution >= 4 is 15.9 Å². The molecule has 0 aliphatic heterocycles. The lowest BCUT2D eigenvalue weighted by molar-refractivity contribution is -0.123. The van der Waals surface area contributed by atoms with Gasteiger partial charge in [-0.2, -0.15) is 4.72 Å². The molecule has 0 radical (unpaired) electrons. The van der Waals surface area contributed by atoms with E-state index >= 15 is 0 Å². The highest BCUT2D eigenvalue weighted by atomic mass is 32.2. The molecule has 0 saturated carbocycles. The lowest BCUT2D eigenvalue weighted by Crippen LogP contribution is -2.49. The second-order valence-corrected chi connectivity index (χ2v) is 7.44. The van der Waals surface area contributed by atoms with Gasteiger partial charge in [-0.3, -0.25) is 4.79 Å². The first-order valence-corrected chi connectivity index (χ1v) is 8.96. The quantitative estimate of drug-likeness (QED) is 0.778. The standard InChI is InChI=1S/C15H21N3O5S/c1-9(2)13(15(19)16-8-12-6-5-7-22-12)18-24(20,21)14-10(3)17-23-11(14)4/h5-7,9,13,18H,8H2,1-4H3,(H,16,19)/t13-/m1/s1. The number of aromatic nitrogens is 1. The molecule has 9 heteroatoms. The monoisotopic (exact) mass is 355 g/mol. The van der Waals surface area contributed by atoms with Crippen molar-refractivity contribution in [3.05, 3.63) is 35.6 Å². The first kappa shape index (κ1) is 18.2. The third kappa shape index (κ3) is 4.04. The van der Waals surface area contributed by atoms with Crippen LogP contribution in [0.5, 0.6) is 0 Å². The maximum absolute atomic E-state index is 12.6. The van der Waals surface area contributed by atoms with Crippen LogP contribution in [0, 0.1) is 19.8 Å². The highest BCUT2D eigenvalue weighted by Crippen LogP contribution is 2.20. The van der Waals surface area contributed by atoms with Crippen LogP contribution in [0.1, 0.15) is 31.1 Å². The van der Waals surface area contributed by atoms with E-state index < -0.39 is 22.0 Å². The molecule has 0 aromatic carbocycles. The van der Waals surface area contributed by atoms with E-state index in [1.165, 1.54) is 20.1 Å². The zero-order valence-corrected chi connectivity index (χ0v) is 14.8. The van der Waals surface area contributed by atoms with Gasteiger partial charge in [-0.15, -0.1) is 0 Å². The predicted octanol–water partition coefficient (Wildman–Crippen LogP) is 1.50. The molecule has 1 amide bonds. The number of sulfonamides is 1. The van der Waals surface area contributed by atoms with Gasteiger partial charge < -0.3 is 14.3 Å². The number of aryl methyl sites for hydroxylation is 2. The summed E-state index contributed by atoms with van der Waals surface area (Å²) in [5.41, 5.74) is 0.249. The van der Waals surface area contributed by atoms with Crippen LogP contribution in [0.15, 0.2) is 32.2 Å². The highest BCUT2D eigenvalue weighted by molar-refractivity contribution is 7.89. The topological polar surface area (TPSA) is 114 Å². The first-order valence-electron chi connectivity index (χ1n) is 7.47. The van der Waals surface area contributed by atoms with E-state index in [0.29, 0.717) is 5.76 Å². The molecule has 0 spiro atoms. The predicted molar refractivity (Wildman–Crippen MR) is 85.5 cm³/mol. The molecule has 0 saturated heterocycles. The van der Waals surface area contributed by atoms with E-state index in [-0.39, 0.29) is 28.8 Å². The van der Waals surface area contributed by atoms with E-state index in [9.17, 15) is 13.2 Å². The van der Waals surface area contributed by atoms with Crippen molar-refractivity contribution in [1.29, 1.82) is 0 Å². The molecule has 2 N–H and O–H groups in total. The molecule has 0 bridgehead atoms. The number of nitrogens with one attached hydrogen (secondary N) is 2. The van der Waals surface area contributed by atoms with Crippen molar-refractivity contribution in [2.45, 2.75) is 45.2 Å². The van der Waals surface area contributed by atoms with Crippen molar-refractivity contribution in [2.75, 3.05) is 0 Å². The second-order valence-electron chi connectivity index (χ2n) is 5.79.